The Bertz CT molecular complexity index is 522. The van der Waals surface area contributed by atoms with Crippen LogP contribution in [0.4, 0.5) is 0 Å². The van der Waals surface area contributed by atoms with E-state index in [4.69, 9.17) is 4.43 Å². The van der Waals surface area contributed by atoms with Gasteiger partial charge in [0.2, 0.25) is 8.32 Å². The Morgan fingerprint density at radius 2 is 1.80 bits per heavy atom. The molecule has 0 spiro atoms. The van der Waals surface area contributed by atoms with Crippen LogP contribution >= 0.6 is 0 Å². The van der Waals surface area contributed by atoms with Crippen LogP contribution in [0.15, 0.2) is 23.5 Å². The summed E-state index contributed by atoms with van der Waals surface area (Å²) >= 11 is 0. The molecule has 2 nitrogen and oxygen atoms in total. The van der Waals surface area contributed by atoms with Crippen molar-refractivity contribution in [3.63, 3.8) is 0 Å². The normalized spacial score (nSPS) is 28.2. The van der Waals surface area contributed by atoms with Crippen molar-refractivity contribution in [2.75, 3.05) is 0 Å². The molecular formula is C22H38O2Si. The third-order valence-corrected chi connectivity index (χ3v) is 11.6. The van der Waals surface area contributed by atoms with E-state index in [9.17, 15) is 4.79 Å². The van der Waals surface area contributed by atoms with Crippen molar-refractivity contribution in [1.82, 2.24) is 0 Å². The van der Waals surface area contributed by atoms with Gasteiger partial charge in [-0.1, -0.05) is 39.3 Å². The number of ketones is 1. The SMILES string of the molecule is C=C(C)[C@H]1CC(O[Si](CC)(CC)CC)=C(C)[C@@H]([C@H]2CCCCC2=O)C1. The fraction of sp³-hybridized carbons (Fsp3) is 0.773. The van der Waals surface area contributed by atoms with Crippen molar-refractivity contribution in [2.24, 2.45) is 17.8 Å². The molecule has 2 aliphatic rings. The summed E-state index contributed by atoms with van der Waals surface area (Å²) in [6, 6.07) is 3.50. The van der Waals surface area contributed by atoms with Gasteiger partial charge in [-0.3, -0.25) is 4.79 Å². The Morgan fingerprint density at radius 1 is 1.16 bits per heavy atom. The van der Waals surface area contributed by atoms with Gasteiger partial charge in [-0.15, -0.1) is 0 Å². The molecule has 0 aromatic heterocycles. The molecule has 25 heavy (non-hydrogen) atoms. The molecule has 0 radical (unpaired) electrons. The molecule has 0 unspecified atom stereocenters. The van der Waals surface area contributed by atoms with Crippen LogP contribution < -0.4 is 0 Å². The minimum atomic E-state index is -1.68. The summed E-state index contributed by atoms with van der Waals surface area (Å²) in [5.74, 6) is 2.77. The predicted octanol–water partition coefficient (Wildman–Crippen LogP) is 6.64. The Morgan fingerprint density at radius 3 is 2.32 bits per heavy atom. The molecule has 0 amide bonds. The summed E-state index contributed by atoms with van der Waals surface area (Å²) in [6.45, 7) is 15.5. The molecule has 0 saturated heterocycles. The molecule has 142 valence electrons. The first-order chi connectivity index (χ1) is 11.9. The third-order valence-electron chi connectivity index (χ3n) is 7.02. The van der Waals surface area contributed by atoms with E-state index in [2.05, 4.69) is 41.2 Å². The lowest BCUT2D eigenvalue weighted by molar-refractivity contribution is -0.126. The quantitative estimate of drug-likeness (QED) is 0.374. The predicted molar refractivity (Wildman–Crippen MR) is 109 cm³/mol. The van der Waals surface area contributed by atoms with E-state index in [-0.39, 0.29) is 5.92 Å². The molecule has 0 bridgehead atoms. The van der Waals surface area contributed by atoms with Crippen molar-refractivity contribution >= 4 is 14.1 Å². The number of hydrogen-bond donors (Lipinski definition) is 0. The van der Waals surface area contributed by atoms with Crippen LogP contribution in [0.1, 0.15) is 73.1 Å². The molecule has 0 N–H and O–H groups in total. The maximum Gasteiger partial charge on any atom is 0.250 e. The standard InChI is InChI=1S/C22H38O2Si/c1-7-25(8-2,9-3)24-22-15-18(16(4)5)14-20(17(22)6)19-12-10-11-13-21(19)23/h18-20H,4,7-15H2,1-3,5-6H3/t18-,19-,20+/m1/s1. The van der Waals surface area contributed by atoms with Crippen molar-refractivity contribution in [3.8, 4) is 0 Å². The van der Waals surface area contributed by atoms with Gasteiger partial charge in [-0.2, -0.15) is 0 Å². The summed E-state index contributed by atoms with van der Waals surface area (Å²) in [6.07, 6.45) is 6.20. The smallest absolute Gasteiger partial charge is 0.250 e. The van der Waals surface area contributed by atoms with Crippen LogP contribution in [0, 0.1) is 17.8 Å². The fourth-order valence-corrected chi connectivity index (χ4v) is 7.49. The highest BCUT2D eigenvalue weighted by molar-refractivity contribution is 6.73. The van der Waals surface area contributed by atoms with Crippen LogP contribution in [0.3, 0.4) is 0 Å². The Kier molecular flexibility index (Phi) is 7.13. The van der Waals surface area contributed by atoms with E-state index in [0.717, 1.165) is 32.1 Å². The molecule has 0 aromatic rings. The van der Waals surface area contributed by atoms with Crippen LogP contribution in [-0.2, 0) is 9.22 Å². The molecule has 3 heteroatoms. The number of allylic oxidation sites excluding steroid dienone is 3. The van der Waals surface area contributed by atoms with Crippen molar-refractivity contribution in [3.05, 3.63) is 23.5 Å². The van der Waals surface area contributed by atoms with Gasteiger partial charge in [-0.25, -0.2) is 0 Å². The van der Waals surface area contributed by atoms with Gasteiger partial charge in [0, 0.05) is 18.8 Å². The van der Waals surface area contributed by atoms with Crippen LogP contribution in [0.2, 0.25) is 18.1 Å². The maximum atomic E-state index is 12.6. The van der Waals surface area contributed by atoms with E-state index < -0.39 is 8.32 Å². The molecule has 1 saturated carbocycles. The lowest BCUT2D eigenvalue weighted by Crippen LogP contribution is -2.38. The van der Waals surface area contributed by atoms with E-state index in [1.807, 2.05) is 0 Å². The molecular weight excluding hydrogens is 324 g/mol. The summed E-state index contributed by atoms with van der Waals surface area (Å²) < 4.78 is 6.84. The molecule has 0 heterocycles. The summed E-state index contributed by atoms with van der Waals surface area (Å²) in [5, 5.41) is 0. The van der Waals surface area contributed by atoms with Crippen molar-refractivity contribution < 1.29 is 9.22 Å². The largest absolute Gasteiger partial charge is 0.547 e. The second-order valence-electron chi connectivity index (χ2n) is 8.36. The second kappa shape index (κ2) is 8.70. The third kappa shape index (κ3) is 4.47. The number of Topliss-reactive ketones (excluding diaryl/α,β-unsaturated/α-hetero) is 1. The first-order valence-electron chi connectivity index (χ1n) is 10.4. The second-order valence-corrected chi connectivity index (χ2v) is 13.1. The van der Waals surface area contributed by atoms with E-state index in [1.54, 1.807) is 0 Å². The fourth-order valence-electron chi connectivity index (χ4n) is 4.79. The molecule has 2 rings (SSSR count). The van der Waals surface area contributed by atoms with E-state index >= 15 is 0 Å². The Balaban J connectivity index is 2.34. The highest BCUT2D eigenvalue weighted by Gasteiger charge is 2.40. The molecule has 1 fully saturated rings. The van der Waals surface area contributed by atoms with Gasteiger partial charge in [-0.05, 0) is 68.7 Å². The van der Waals surface area contributed by atoms with Crippen LogP contribution in [0.25, 0.3) is 0 Å². The average Bonchev–Trinajstić information content (AvgIpc) is 2.62. The van der Waals surface area contributed by atoms with Gasteiger partial charge >= 0.3 is 0 Å². The number of carbonyl (C=O) groups excluding carboxylic acids is 1. The van der Waals surface area contributed by atoms with E-state index in [0.29, 0.717) is 17.6 Å². The zero-order valence-corrected chi connectivity index (χ0v) is 18.1. The van der Waals surface area contributed by atoms with Crippen molar-refractivity contribution in [1.29, 1.82) is 0 Å². The first kappa shape index (κ1) is 20.5. The highest BCUT2D eigenvalue weighted by Crippen LogP contribution is 2.45. The summed E-state index contributed by atoms with van der Waals surface area (Å²) in [4.78, 5) is 12.6. The molecule has 2 aliphatic carbocycles. The lowest BCUT2D eigenvalue weighted by atomic mass is 9.68. The Labute approximate surface area is 156 Å². The first-order valence-corrected chi connectivity index (χ1v) is 13.0. The van der Waals surface area contributed by atoms with Gasteiger partial charge in [0.05, 0.1) is 5.76 Å². The van der Waals surface area contributed by atoms with Gasteiger partial charge in [0.1, 0.15) is 5.78 Å². The van der Waals surface area contributed by atoms with E-state index in [1.165, 1.54) is 41.5 Å². The van der Waals surface area contributed by atoms with Gasteiger partial charge < -0.3 is 4.43 Å². The van der Waals surface area contributed by atoms with Crippen LogP contribution in [-0.4, -0.2) is 14.1 Å². The van der Waals surface area contributed by atoms with Gasteiger partial charge in [0.15, 0.2) is 0 Å². The van der Waals surface area contributed by atoms with Crippen molar-refractivity contribution in [2.45, 2.75) is 91.3 Å². The summed E-state index contributed by atoms with van der Waals surface area (Å²) in [7, 11) is -1.68. The molecule has 3 atom stereocenters. The lowest BCUT2D eigenvalue weighted by Gasteiger charge is -2.41. The molecule has 0 aromatic carbocycles. The molecule has 0 aliphatic heterocycles. The monoisotopic (exact) mass is 362 g/mol. The highest BCUT2D eigenvalue weighted by atomic mass is 28.4. The average molecular weight is 363 g/mol. The zero-order chi connectivity index (χ0) is 18.6. The zero-order valence-electron chi connectivity index (χ0n) is 17.1. The minimum absolute atomic E-state index is 0.218. The van der Waals surface area contributed by atoms with Gasteiger partial charge in [0.25, 0.3) is 0 Å². The number of hydrogen-bond acceptors (Lipinski definition) is 2. The minimum Gasteiger partial charge on any atom is -0.547 e. The number of carbonyl (C=O) groups is 1. The van der Waals surface area contributed by atoms with Crippen LogP contribution in [0.5, 0.6) is 0 Å². The number of rotatable bonds is 7. The Hall–Kier alpha value is -0.833. The summed E-state index contributed by atoms with van der Waals surface area (Å²) in [5.41, 5.74) is 2.63. The maximum absolute atomic E-state index is 12.6. The topological polar surface area (TPSA) is 26.3 Å².